The van der Waals surface area contributed by atoms with E-state index in [0.717, 1.165) is 48.6 Å². The van der Waals surface area contributed by atoms with Gasteiger partial charge in [0.1, 0.15) is 10.1 Å². The van der Waals surface area contributed by atoms with Gasteiger partial charge in [0.15, 0.2) is 0 Å². The summed E-state index contributed by atoms with van der Waals surface area (Å²) in [6.07, 6.45) is 18.4. The number of unbranched alkanes of at least 4 members (excludes halogenated alkanes) is 12. The molecule has 0 aromatic heterocycles. The minimum atomic E-state index is -4.53. The van der Waals surface area contributed by atoms with E-state index in [1.807, 2.05) is 18.2 Å². The van der Waals surface area contributed by atoms with Crippen molar-refractivity contribution in [3.63, 3.8) is 0 Å². The third-order valence-corrected chi connectivity index (χ3v) is 7.49. The van der Waals surface area contributed by atoms with E-state index in [4.69, 9.17) is 0 Å². The van der Waals surface area contributed by atoms with Crippen LogP contribution in [0.3, 0.4) is 0 Å². The molecule has 6 heteroatoms. The van der Waals surface area contributed by atoms with Gasteiger partial charge in [0, 0.05) is 0 Å². The van der Waals surface area contributed by atoms with Gasteiger partial charge in [-0.25, -0.2) is 8.42 Å². The number of hydrogen-bond acceptors (Lipinski definition) is 4. The van der Waals surface area contributed by atoms with E-state index in [1.54, 1.807) is 6.07 Å². The van der Waals surface area contributed by atoms with Crippen LogP contribution in [0.15, 0.2) is 35.2 Å². The average molecular weight is 614 g/mol. The molecule has 0 atom stereocenters. The van der Waals surface area contributed by atoms with Crippen LogP contribution >= 0.6 is 0 Å². The molecule has 2 aromatic carbocycles. The van der Waals surface area contributed by atoms with Crippen LogP contribution in [0.25, 0.3) is 10.8 Å². The fourth-order valence-electron chi connectivity index (χ4n) is 4.73. The van der Waals surface area contributed by atoms with Crippen molar-refractivity contribution in [1.29, 1.82) is 0 Å². The summed E-state index contributed by atoms with van der Waals surface area (Å²) in [5.74, 6) is 0. The predicted molar refractivity (Wildman–Crippen MR) is 143 cm³/mol. The summed E-state index contributed by atoms with van der Waals surface area (Å²) in [7, 11) is -4.53. The SMILES string of the molecule is CCCCCCCCCc1cc2ccccc2c(S(=O)(=O)[O-])c1CCCCCCCCC.[Ba+2].[OH-]. The van der Waals surface area contributed by atoms with Crippen LogP contribution < -0.4 is 0 Å². The second-order valence-electron chi connectivity index (χ2n) is 9.26. The smallest absolute Gasteiger partial charge is 0.870 e. The summed E-state index contributed by atoms with van der Waals surface area (Å²) in [6, 6.07) is 9.58. The monoisotopic (exact) mass is 614 g/mol. The Morgan fingerprint density at radius 2 is 1.18 bits per heavy atom. The first-order valence-corrected chi connectivity index (χ1v) is 14.4. The van der Waals surface area contributed by atoms with Crippen molar-refractivity contribution in [2.45, 2.75) is 121 Å². The van der Waals surface area contributed by atoms with Gasteiger partial charge in [-0.3, -0.25) is 0 Å². The largest absolute Gasteiger partial charge is 2.00 e. The van der Waals surface area contributed by atoms with Crippen LogP contribution in [-0.2, 0) is 23.0 Å². The first kappa shape index (κ1) is 34.1. The van der Waals surface area contributed by atoms with Gasteiger partial charge in [0.25, 0.3) is 0 Å². The molecule has 0 unspecified atom stereocenters. The molecule has 0 aliphatic heterocycles. The minimum absolute atomic E-state index is 0. The molecule has 188 valence electrons. The molecule has 0 heterocycles. The molecule has 0 fully saturated rings. The molecule has 4 nitrogen and oxygen atoms in total. The first-order valence-electron chi connectivity index (χ1n) is 13.0. The molecular formula is C28H44BaO4S. The molecule has 0 radical (unpaired) electrons. The molecule has 0 aliphatic rings. The third kappa shape index (κ3) is 11.9. The van der Waals surface area contributed by atoms with Gasteiger partial charge < -0.3 is 10.0 Å². The van der Waals surface area contributed by atoms with Crippen LogP contribution in [0.1, 0.15) is 115 Å². The van der Waals surface area contributed by atoms with Gasteiger partial charge in [0.2, 0.25) is 0 Å². The molecule has 2 rings (SSSR count). The molecule has 0 amide bonds. The fourth-order valence-corrected chi connectivity index (χ4v) is 5.72. The Bertz CT molecular complexity index is 912. The van der Waals surface area contributed by atoms with Gasteiger partial charge in [-0.05, 0) is 47.6 Å². The second-order valence-corrected chi connectivity index (χ2v) is 10.6. The Hall–Kier alpha value is 0.141. The Labute approximate surface area is 248 Å². The van der Waals surface area contributed by atoms with Gasteiger partial charge >= 0.3 is 48.9 Å². The van der Waals surface area contributed by atoms with Crippen molar-refractivity contribution in [2.75, 3.05) is 0 Å². The van der Waals surface area contributed by atoms with Crippen LogP contribution in [0, 0.1) is 0 Å². The van der Waals surface area contributed by atoms with E-state index in [-0.39, 0.29) is 59.3 Å². The summed E-state index contributed by atoms with van der Waals surface area (Å²) in [6.45, 7) is 4.45. The van der Waals surface area contributed by atoms with Gasteiger partial charge in [0.05, 0.1) is 4.90 Å². The maximum atomic E-state index is 12.3. The zero-order valence-electron chi connectivity index (χ0n) is 21.5. The number of rotatable bonds is 17. The Balaban J connectivity index is 0.00000544. The molecule has 0 aliphatic carbocycles. The zero-order valence-corrected chi connectivity index (χ0v) is 26.7. The second kappa shape index (κ2) is 19.3. The summed E-state index contributed by atoms with van der Waals surface area (Å²) in [5, 5.41) is 1.45. The summed E-state index contributed by atoms with van der Waals surface area (Å²) in [5.41, 5.74) is 1.86. The van der Waals surface area contributed by atoms with Crippen molar-refractivity contribution >= 4 is 69.8 Å². The number of hydrogen-bond donors (Lipinski definition) is 0. The van der Waals surface area contributed by atoms with Crippen LogP contribution in [0.4, 0.5) is 0 Å². The summed E-state index contributed by atoms with van der Waals surface area (Å²) >= 11 is 0. The van der Waals surface area contributed by atoms with Crippen LogP contribution in [0.2, 0.25) is 0 Å². The topological polar surface area (TPSA) is 87.2 Å². The quantitative estimate of drug-likeness (QED) is 0.104. The van der Waals surface area contributed by atoms with Gasteiger partial charge in [-0.15, -0.1) is 0 Å². The Morgan fingerprint density at radius 1 is 0.706 bits per heavy atom. The van der Waals surface area contributed by atoms with Gasteiger partial charge in [-0.1, -0.05) is 121 Å². The minimum Gasteiger partial charge on any atom is -0.870 e. The molecule has 34 heavy (non-hydrogen) atoms. The van der Waals surface area contributed by atoms with Crippen molar-refractivity contribution in [3.05, 3.63) is 41.5 Å². The van der Waals surface area contributed by atoms with Crippen molar-refractivity contribution < 1.29 is 18.4 Å². The maximum Gasteiger partial charge on any atom is 2.00 e. The summed E-state index contributed by atoms with van der Waals surface area (Å²) in [4.78, 5) is 0.0412. The number of benzene rings is 2. The molecular weight excluding hydrogens is 570 g/mol. The van der Waals surface area contributed by atoms with Crippen LogP contribution in [0.5, 0.6) is 0 Å². The van der Waals surface area contributed by atoms with E-state index < -0.39 is 10.1 Å². The van der Waals surface area contributed by atoms with E-state index in [2.05, 4.69) is 19.9 Å². The average Bonchev–Trinajstić information content (AvgIpc) is 2.76. The molecule has 0 spiro atoms. The Morgan fingerprint density at radius 3 is 1.71 bits per heavy atom. The van der Waals surface area contributed by atoms with E-state index in [9.17, 15) is 13.0 Å². The first-order chi connectivity index (χ1) is 15.5. The van der Waals surface area contributed by atoms with Crippen LogP contribution in [-0.4, -0.2) is 67.3 Å². The van der Waals surface area contributed by atoms with Crippen molar-refractivity contribution in [1.82, 2.24) is 0 Å². The predicted octanol–water partition coefficient (Wildman–Crippen LogP) is 7.77. The molecule has 0 saturated heterocycles. The standard InChI is InChI=1S/C28H44O3S.Ba.H2O/c1-3-5-7-9-11-13-15-19-24-23-25-20-17-18-22-27(25)28(32(29,30)31)26(24)21-16-14-12-10-8-6-4-2;;/h17-18,20,22-23H,3-16,19,21H2,1-2H3,(H,29,30,31);;1H2/q;+2;/p-2. The number of fused-ring (bicyclic) bond motifs is 1. The normalized spacial score (nSPS) is 11.3. The molecule has 0 bridgehead atoms. The van der Waals surface area contributed by atoms with E-state index in [1.165, 1.54) is 64.2 Å². The maximum absolute atomic E-state index is 12.3. The molecule has 1 N–H and O–H groups in total. The van der Waals surface area contributed by atoms with Crippen molar-refractivity contribution in [3.8, 4) is 0 Å². The van der Waals surface area contributed by atoms with Gasteiger partial charge in [-0.2, -0.15) is 0 Å². The number of aryl methyl sites for hydroxylation is 1. The molecule has 2 aromatic rings. The Kier molecular flexibility index (Phi) is 19.4. The molecule has 0 saturated carbocycles. The van der Waals surface area contributed by atoms with E-state index >= 15 is 0 Å². The zero-order chi connectivity index (χ0) is 23.2. The van der Waals surface area contributed by atoms with Crippen molar-refractivity contribution in [2.24, 2.45) is 0 Å². The third-order valence-electron chi connectivity index (χ3n) is 6.53. The summed E-state index contributed by atoms with van der Waals surface area (Å²) < 4.78 is 37.0. The fraction of sp³-hybridized carbons (Fsp3) is 0.643. The van der Waals surface area contributed by atoms with E-state index in [0.29, 0.717) is 11.8 Å².